The van der Waals surface area contributed by atoms with Crippen molar-refractivity contribution >= 4 is 22.4 Å². The Morgan fingerprint density at radius 3 is 2.60 bits per heavy atom. The van der Waals surface area contributed by atoms with Crippen molar-refractivity contribution in [2.45, 2.75) is 37.8 Å². The minimum atomic E-state index is -0.669. The maximum atomic E-state index is 11.1. The van der Waals surface area contributed by atoms with Crippen LogP contribution in [-0.4, -0.2) is 30.2 Å². The minimum Gasteiger partial charge on any atom is -0.481 e. The number of nitrogens with one attached hydrogen (secondary N) is 1. The van der Waals surface area contributed by atoms with Crippen LogP contribution in [0.4, 0.5) is 5.69 Å². The molecule has 154 valence electrons. The van der Waals surface area contributed by atoms with E-state index in [1.807, 2.05) is 0 Å². The lowest BCUT2D eigenvalue weighted by molar-refractivity contribution is -0.138. The maximum absolute atomic E-state index is 11.1. The largest absolute Gasteiger partial charge is 0.481 e. The number of aliphatic carboxylic acids is 1. The Kier molecular flexibility index (Phi) is 4.95. The first-order valence-electron chi connectivity index (χ1n) is 10.9. The highest BCUT2D eigenvalue weighted by atomic mass is 16.4. The predicted octanol–water partition coefficient (Wildman–Crippen LogP) is 4.96. The van der Waals surface area contributed by atoms with Gasteiger partial charge in [-0.15, -0.1) is 0 Å². The van der Waals surface area contributed by atoms with Gasteiger partial charge in [-0.3, -0.25) is 4.79 Å². The normalized spacial score (nSPS) is 24.2. The number of fused-ring (bicyclic) bond motifs is 1. The molecule has 3 aromatic rings. The van der Waals surface area contributed by atoms with Crippen LogP contribution in [0.1, 0.15) is 42.9 Å². The van der Waals surface area contributed by atoms with Crippen molar-refractivity contribution in [3.05, 3.63) is 77.9 Å². The Morgan fingerprint density at radius 1 is 1.07 bits per heavy atom. The number of nitrogens with zero attached hydrogens (tertiary/aromatic N) is 1. The average molecular weight is 401 g/mol. The topological polar surface area (TPSA) is 52.6 Å². The van der Waals surface area contributed by atoms with Crippen LogP contribution in [0.15, 0.2) is 66.7 Å². The van der Waals surface area contributed by atoms with Gasteiger partial charge in [0.25, 0.3) is 0 Å². The first-order valence-corrected chi connectivity index (χ1v) is 10.9. The van der Waals surface area contributed by atoms with E-state index in [9.17, 15) is 4.79 Å². The Balaban J connectivity index is 1.22. The van der Waals surface area contributed by atoms with E-state index in [1.54, 1.807) is 0 Å². The van der Waals surface area contributed by atoms with E-state index >= 15 is 0 Å². The lowest BCUT2D eigenvalue weighted by Gasteiger charge is -2.23. The fourth-order valence-corrected chi connectivity index (χ4v) is 4.97. The van der Waals surface area contributed by atoms with Crippen molar-refractivity contribution in [3.8, 4) is 0 Å². The molecule has 1 aliphatic carbocycles. The summed E-state index contributed by atoms with van der Waals surface area (Å²) in [6.07, 6.45) is 1.90. The molecule has 2 fully saturated rings. The predicted molar refractivity (Wildman–Crippen MR) is 121 cm³/mol. The molecule has 2 aliphatic rings. The molecule has 4 heteroatoms. The summed E-state index contributed by atoms with van der Waals surface area (Å²) < 4.78 is 0. The van der Waals surface area contributed by atoms with Crippen LogP contribution in [0.2, 0.25) is 0 Å². The molecule has 3 aromatic carbocycles. The highest BCUT2D eigenvalue weighted by Gasteiger charge is 2.44. The van der Waals surface area contributed by atoms with Gasteiger partial charge in [-0.25, -0.2) is 0 Å². The van der Waals surface area contributed by atoms with Gasteiger partial charge in [-0.05, 0) is 59.7 Å². The Bertz CT molecular complexity index is 1060. The monoisotopic (exact) mass is 400 g/mol. The molecule has 1 saturated carbocycles. The van der Waals surface area contributed by atoms with E-state index in [2.05, 4.69) is 83.9 Å². The molecule has 1 aliphatic heterocycles. The van der Waals surface area contributed by atoms with Crippen LogP contribution >= 0.6 is 0 Å². The number of hydrogen-bond donors (Lipinski definition) is 2. The molecular weight excluding hydrogens is 372 g/mol. The smallest absolute Gasteiger partial charge is 0.307 e. The van der Waals surface area contributed by atoms with Crippen molar-refractivity contribution in [1.29, 1.82) is 0 Å². The molecule has 1 saturated heterocycles. The Morgan fingerprint density at radius 2 is 1.83 bits per heavy atom. The standard InChI is InChI=1S/C26H28N2O2/c1-17(22-8-4-6-18-5-2-3-7-23(18)22)27-20-13-14-28(16-20)21-11-9-19(10-12-21)24-15-25(24)26(29)30/h2-12,17,20,24-25,27H,13-16H2,1H3,(H,29,30)/t17-,20+,24+,25-/m1/s1. The van der Waals surface area contributed by atoms with E-state index in [-0.39, 0.29) is 11.8 Å². The first-order chi connectivity index (χ1) is 14.6. The maximum Gasteiger partial charge on any atom is 0.307 e. The molecule has 0 radical (unpaired) electrons. The third-order valence-corrected chi connectivity index (χ3v) is 6.76. The third-order valence-electron chi connectivity index (χ3n) is 6.76. The highest BCUT2D eigenvalue weighted by molar-refractivity contribution is 5.86. The second-order valence-corrected chi connectivity index (χ2v) is 8.77. The summed E-state index contributed by atoms with van der Waals surface area (Å²) in [4.78, 5) is 13.5. The lowest BCUT2D eigenvalue weighted by Crippen LogP contribution is -2.34. The first kappa shape index (κ1) is 19.1. The zero-order chi connectivity index (χ0) is 20.7. The van der Waals surface area contributed by atoms with Crippen LogP contribution in [-0.2, 0) is 4.79 Å². The SMILES string of the molecule is C[C@@H](N[C@H]1CCN(c2ccc([C@@H]3C[C@H]3C(=O)O)cc2)C1)c1cccc2ccccc12. The average Bonchev–Trinajstić information content (AvgIpc) is 3.45. The van der Waals surface area contributed by atoms with Gasteiger partial charge in [-0.2, -0.15) is 0 Å². The van der Waals surface area contributed by atoms with Crippen LogP contribution in [0.3, 0.4) is 0 Å². The van der Waals surface area contributed by atoms with Crippen LogP contribution < -0.4 is 10.2 Å². The fraction of sp³-hybridized carbons (Fsp3) is 0.346. The van der Waals surface area contributed by atoms with Gasteiger partial charge in [0.15, 0.2) is 0 Å². The summed E-state index contributed by atoms with van der Waals surface area (Å²) >= 11 is 0. The highest BCUT2D eigenvalue weighted by Crippen LogP contribution is 2.47. The number of hydrogen-bond acceptors (Lipinski definition) is 3. The molecule has 2 N–H and O–H groups in total. The van der Waals surface area contributed by atoms with E-state index in [0.717, 1.165) is 31.5 Å². The van der Waals surface area contributed by atoms with Crippen molar-refractivity contribution < 1.29 is 9.90 Å². The van der Waals surface area contributed by atoms with E-state index in [4.69, 9.17) is 5.11 Å². The number of rotatable bonds is 6. The molecule has 5 rings (SSSR count). The van der Waals surface area contributed by atoms with Gasteiger partial charge in [0.2, 0.25) is 0 Å². The molecule has 4 nitrogen and oxygen atoms in total. The molecule has 4 atom stereocenters. The quantitative estimate of drug-likeness (QED) is 0.614. The molecule has 1 heterocycles. The van der Waals surface area contributed by atoms with Gasteiger partial charge in [0.1, 0.15) is 0 Å². The molecule has 0 amide bonds. The summed E-state index contributed by atoms with van der Waals surface area (Å²) in [7, 11) is 0. The van der Waals surface area contributed by atoms with Gasteiger partial charge >= 0.3 is 5.97 Å². The number of carbonyl (C=O) groups is 1. The molecule has 30 heavy (non-hydrogen) atoms. The molecule has 0 aromatic heterocycles. The van der Waals surface area contributed by atoms with Crippen LogP contribution in [0.25, 0.3) is 10.8 Å². The molecule has 0 unspecified atom stereocenters. The van der Waals surface area contributed by atoms with E-state index < -0.39 is 5.97 Å². The zero-order valence-corrected chi connectivity index (χ0v) is 17.3. The molecule has 0 bridgehead atoms. The van der Waals surface area contributed by atoms with Crippen molar-refractivity contribution in [1.82, 2.24) is 5.32 Å². The van der Waals surface area contributed by atoms with Gasteiger partial charge < -0.3 is 15.3 Å². The van der Waals surface area contributed by atoms with E-state index in [0.29, 0.717) is 12.1 Å². The van der Waals surface area contributed by atoms with Crippen molar-refractivity contribution in [2.24, 2.45) is 5.92 Å². The molecular formula is C26H28N2O2. The van der Waals surface area contributed by atoms with Gasteiger partial charge in [-0.1, -0.05) is 54.6 Å². The Hall–Kier alpha value is -2.85. The lowest BCUT2D eigenvalue weighted by atomic mass is 9.99. The summed E-state index contributed by atoms with van der Waals surface area (Å²) in [5, 5.41) is 15.6. The number of anilines is 1. The van der Waals surface area contributed by atoms with Crippen molar-refractivity contribution in [3.63, 3.8) is 0 Å². The Labute approximate surface area is 177 Å². The zero-order valence-electron chi connectivity index (χ0n) is 17.3. The summed E-state index contributed by atoms with van der Waals surface area (Å²) in [5.74, 6) is -0.657. The fourth-order valence-electron chi connectivity index (χ4n) is 4.97. The second kappa shape index (κ2) is 7.77. The number of benzene rings is 3. The minimum absolute atomic E-state index is 0.188. The van der Waals surface area contributed by atoms with Crippen LogP contribution in [0.5, 0.6) is 0 Å². The second-order valence-electron chi connectivity index (χ2n) is 8.77. The van der Waals surface area contributed by atoms with Crippen LogP contribution in [0, 0.1) is 5.92 Å². The summed E-state index contributed by atoms with van der Waals surface area (Å²) in [6, 6.07) is 24.4. The third kappa shape index (κ3) is 3.68. The van der Waals surface area contributed by atoms with Gasteiger partial charge in [0, 0.05) is 30.9 Å². The van der Waals surface area contributed by atoms with E-state index in [1.165, 1.54) is 22.0 Å². The summed E-state index contributed by atoms with van der Waals surface area (Å²) in [6.45, 7) is 4.30. The summed E-state index contributed by atoms with van der Waals surface area (Å²) in [5.41, 5.74) is 3.74. The van der Waals surface area contributed by atoms with Crippen molar-refractivity contribution in [2.75, 3.05) is 18.0 Å². The number of carboxylic acids is 1. The number of carboxylic acid groups (broad SMARTS) is 1. The molecule has 0 spiro atoms. The van der Waals surface area contributed by atoms with Gasteiger partial charge in [0.05, 0.1) is 5.92 Å².